The van der Waals surface area contributed by atoms with Crippen LogP contribution in [0.15, 0.2) is 30.7 Å². The number of ether oxygens (including phenoxy) is 2. The molecule has 0 radical (unpaired) electrons. The van der Waals surface area contributed by atoms with Crippen molar-refractivity contribution in [3.8, 4) is 11.5 Å². The molecule has 0 saturated carbocycles. The molecule has 0 unspecified atom stereocenters. The number of benzene rings is 1. The molecule has 1 N–H and O–H groups in total. The van der Waals surface area contributed by atoms with Crippen LogP contribution in [0, 0.1) is 0 Å². The number of halogens is 1. The minimum atomic E-state index is 0.551. The van der Waals surface area contributed by atoms with Crippen LogP contribution in [0.4, 0.5) is 0 Å². The van der Waals surface area contributed by atoms with Gasteiger partial charge in [-0.05, 0) is 17.7 Å². The average Bonchev–Trinajstić information content (AvgIpc) is 2.49. The molecular weight excluding hydrogens is 278 g/mol. The van der Waals surface area contributed by atoms with Crippen LogP contribution in [0.1, 0.15) is 11.3 Å². The summed E-state index contributed by atoms with van der Waals surface area (Å²) in [5.41, 5.74) is 1.87. The number of hydrogen-bond donors (Lipinski definition) is 1. The third-order valence-corrected chi connectivity index (χ3v) is 3.24. The maximum absolute atomic E-state index is 6.30. The van der Waals surface area contributed by atoms with Crippen LogP contribution in [-0.4, -0.2) is 24.2 Å². The predicted molar refractivity (Wildman–Crippen MR) is 77.1 cm³/mol. The molecule has 0 saturated heterocycles. The van der Waals surface area contributed by atoms with Gasteiger partial charge < -0.3 is 14.8 Å². The van der Waals surface area contributed by atoms with Crippen LogP contribution in [0.5, 0.6) is 11.5 Å². The first-order valence-corrected chi connectivity index (χ1v) is 6.49. The molecule has 0 aliphatic heterocycles. The van der Waals surface area contributed by atoms with Gasteiger partial charge in [-0.1, -0.05) is 17.7 Å². The SMILES string of the molecule is COc1ccc(CNCc2ccncn2)c(Cl)c1OC. The highest BCUT2D eigenvalue weighted by Gasteiger charge is 2.12. The molecule has 1 aromatic carbocycles. The molecule has 0 bridgehead atoms. The Morgan fingerprint density at radius 1 is 1.15 bits per heavy atom. The van der Waals surface area contributed by atoms with E-state index in [1.54, 1.807) is 20.4 Å². The molecule has 0 fully saturated rings. The summed E-state index contributed by atoms with van der Waals surface area (Å²) < 4.78 is 10.5. The van der Waals surface area contributed by atoms with Gasteiger partial charge in [-0.15, -0.1) is 0 Å². The summed E-state index contributed by atoms with van der Waals surface area (Å²) in [5, 5.41) is 3.83. The van der Waals surface area contributed by atoms with E-state index >= 15 is 0 Å². The van der Waals surface area contributed by atoms with Crippen molar-refractivity contribution in [2.75, 3.05) is 14.2 Å². The summed E-state index contributed by atoms with van der Waals surface area (Å²) in [5.74, 6) is 1.17. The standard InChI is InChI=1S/C14H16ClN3O2/c1-19-12-4-3-10(13(15)14(12)20-2)7-17-8-11-5-6-16-9-18-11/h3-6,9,17H,7-8H2,1-2H3. The number of aromatic nitrogens is 2. The zero-order chi connectivity index (χ0) is 14.4. The Balaban J connectivity index is 2.03. The molecule has 106 valence electrons. The van der Waals surface area contributed by atoms with Crippen molar-refractivity contribution in [2.45, 2.75) is 13.1 Å². The molecule has 5 nitrogen and oxygen atoms in total. The van der Waals surface area contributed by atoms with Gasteiger partial charge in [-0.25, -0.2) is 9.97 Å². The smallest absolute Gasteiger partial charge is 0.179 e. The first-order valence-electron chi connectivity index (χ1n) is 6.11. The Bertz CT molecular complexity index is 564. The van der Waals surface area contributed by atoms with Gasteiger partial charge in [-0.3, -0.25) is 0 Å². The monoisotopic (exact) mass is 293 g/mol. The number of rotatable bonds is 6. The molecule has 2 rings (SSSR count). The quantitative estimate of drug-likeness (QED) is 0.886. The Morgan fingerprint density at radius 3 is 2.65 bits per heavy atom. The third-order valence-electron chi connectivity index (χ3n) is 2.83. The Hall–Kier alpha value is -1.85. The van der Waals surface area contributed by atoms with E-state index in [4.69, 9.17) is 21.1 Å². The second-order valence-electron chi connectivity index (χ2n) is 4.08. The van der Waals surface area contributed by atoms with Crippen molar-refractivity contribution in [3.05, 3.63) is 47.0 Å². The fraction of sp³-hybridized carbons (Fsp3) is 0.286. The first-order chi connectivity index (χ1) is 9.76. The summed E-state index contributed by atoms with van der Waals surface area (Å²) >= 11 is 6.30. The Morgan fingerprint density at radius 2 is 2.00 bits per heavy atom. The summed E-state index contributed by atoms with van der Waals surface area (Å²) in [6, 6.07) is 5.62. The Kier molecular flexibility index (Phi) is 5.15. The number of hydrogen-bond acceptors (Lipinski definition) is 5. The number of methoxy groups -OCH3 is 2. The van der Waals surface area contributed by atoms with E-state index in [2.05, 4.69) is 15.3 Å². The van der Waals surface area contributed by atoms with Crippen LogP contribution < -0.4 is 14.8 Å². The van der Waals surface area contributed by atoms with E-state index in [1.807, 2.05) is 18.2 Å². The molecule has 2 aromatic rings. The van der Waals surface area contributed by atoms with Gasteiger partial charge >= 0.3 is 0 Å². The van der Waals surface area contributed by atoms with E-state index < -0.39 is 0 Å². The van der Waals surface area contributed by atoms with Crippen LogP contribution in [0.2, 0.25) is 5.02 Å². The summed E-state index contributed by atoms with van der Waals surface area (Å²) in [4.78, 5) is 8.02. The Labute approximate surface area is 122 Å². The van der Waals surface area contributed by atoms with Crippen molar-refractivity contribution in [1.82, 2.24) is 15.3 Å². The van der Waals surface area contributed by atoms with Gasteiger partial charge in [0, 0.05) is 19.3 Å². The van der Waals surface area contributed by atoms with Crippen molar-refractivity contribution in [1.29, 1.82) is 0 Å². The number of nitrogens with one attached hydrogen (secondary N) is 1. The van der Waals surface area contributed by atoms with Crippen LogP contribution in [0.25, 0.3) is 0 Å². The van der Waals surface area contributed by atoms with Gasteiger partial charge in [0.25, 0.3) is 0 Å². The lowest BCUT2D eigenvalue weighted by Crippen LogP contribution is -2.14. The summed E-state index contributed by atoms with van der Waals surface area (Å²) in [6.45, 7) is 1.26. The highest BCUT2D eigenvalue weighted by molar-refractivity contribution is 6.33. The van der Waals surface area contributed by atoms with Crippen molar-refractivity contribution in [2.24, 2.45) is 0 Å². The van der Waals surface area contributed by atoms with Crippen LogP contribution >= 0.6 is 11.6 Å². The zero-order valence-corrected chi connectivity index (χ0v) is 12.1. The highest BCUT2D eigenvalue weighted by Crippen LogP contribution is 2.37. The minimum Gasteiger partial charge on any atom is -0.493 e. The fourth-order valence-corrected chi connectivity index (χ4v) is 2.11. The maximum atomic E-state index is 6.30. The van der Waals surface area contributed by atoms with Crippen molar-refractivity contribution >= 4 is 11.6 Å². The molecule has 0 aliphatic carbocycles. The lowest BCUT2D eigenvalue weighted by atomic mass is 10.2. The topological polar surface area (TPSA) is 56.3 Å². The maximum Gasteiger partial charge on any atom is 0.179 e. The van der Waals surface area contributed by atoms with Gasteiger partial charge in [0.15, 0.2) is 11.5 Å². The number of nitrogens with zero attached hydrogens (tertiary/aromatic N) is 2. The van der Waals surface area contributed by atoms with Gasteiger partial charge in [0.05, 0.1) is 24.9 Å². The summed E-state index contributed by atoms with van der Waals surface area (Å²) in [6.07, 6.45) is 3.24. The van der Waals surface area contributed by atoms with Crippen LogP contribution in [-0.2, 0) is 13.1 Å². The molecule has 6 heteroatoms. The fourth-order valence-electron chi connectivity index (χ4n) is 1.81. The van der Waals surface area contributed by atoms with Crippen molar-refractivity contribution < 1.29 is 9.47 Å². The second kappa shape index (κ2) is 7.07. The zero-order valence-electron chi connectivity index (χ0n) is 11.4. The molecule has 0 amide bonds. The lowest BCUT2D eigenvalue weighted by molar-refractivity contribution is 0.354. The van der Waals surface area contributed by atoms with E-state index in [1.165, 1.54) is 6.33 Å². The summed E-state index contributed by atoms with van der Waals surface area (Å²) in [7, 11) is 3.16. The van der Waals surface area contributed by atoms with Gasteiger partial charge in [-0.2, -0.15) is 0 Å². The van der Waals surface area contributed by atoms with Crippen LogP contribution in [0.3, 0.4) is 0 Å². The van der Waals surface area contributed by atoms with Crippen molar-refractivity contribution in [3.63, 3.8) is 0 Å². The first kappa shape index (κ1) is 14.6. The third kappa shape index (κ3) is 3.37. The van der Waals surface area contributed by atoms with E-state index in [-0.39, 0.29) is 0 Å². The molecule has 20 heavy (non-hydrogen) atoms. The molecule has 1 heterocycles. The normalized spacial score (nSPS) is 10.3. The molecule has 0 aliphatic rings. The average molecular weight is 294 g/mol. The highest BCUT2D eigenvalue weighted by atomic mass is 35.5. The molecule has 1 aromatic heterocycles. The molecular formula is C14H16ClN3O2. The lowest BCUT2D eigenvalue weighted by Gasteiger charge is -2.13. The van der Waals surface area contributed by atoms with E-state index in [0.717, 1.165) is 11.3 Å². The molecule has 0 atom stereocenters. The van der Waals surface area contributed by atoms with E-state index in [9.17, 15) is 0 Å². The minimum absolute atomic E-state index is 0.551. The second-order valence-corrected chi connectivity index (χ2v) is 4.46. The predicted octanol–water partition coefficient (Wildman–Crippen LogP) is 2.44. The van der Waals surface area contributed by atoms with E-state index in [0.29, 0.717) is 29.6 Å². The van der Waals surface area contributed by atoms with Gasteiger partial charge in [0.1, 0.15) is 6.33 Å². The largest absolute Gasteiger partial charge is 0.493 e. The molecule has 0 spiro atoms. The van der Waals surface area contributed by atoms with Gasteiger partial charge in [0.2, 0.25) is 0 Å².